The molecule has 0 spiro atoms. The van der Waals surface area contributed by atoms with Gasteiger partial charge in [0.2, 0.25) is 0 Å². The van der Waals surface area contributed by atoms with Crippen LogP contribution in [0.25, 0.3) is 6.08 Å². The third-order valence-corrected chi connectivity index (χ3v) is 3.96. The van der Waals surface area contributed by atoms with Gasteiger partial charge >= 0.3 is 11.8 Å². The highest BCUT2D eigenvalue weighted by molar-refractivity contribution is 5.85. The molecule has 1 amide bonds. The zero-order valence-corrected chi connectivity index (χ0v) is 15.0. The standard InChI is InChI=1S/C17H25N3O6/c1-4-12-10-20(14-9-13(21)11(3)26-14)16(22)18-15(12)19-17(23)25-8-6-7-24-5-2/h4,10-11,13-14,21H,1,5-9H2,2-3H3,(H,18,19,22,23). The molecule has 2 N–H and O–H groups in total. The number of aliphatic hydroxyl groups is 1. The Hall–Kier alpha value is -2.23. The molecule has 0 saturated carbocycles. The Kier molecular flexibility index (Phi) is 7.31. The molecule has 3 unspecified atom stereocenters. The van der Waals surface area contributed by atoms with Crippen LogP contribution in [-0.4, -0.2) is 52.8 Å². The van der Waals surface area contributed by atoms with Crippen LogP contribution in [0.15, 0.2) is 17.6 Å². The minimum Gasteiger partial charge on any atom is -0.449 e. The number of aromatic nitrogens is 2. The van der Waals surface area contributed by atoms with Crippen molar-refractivity contribution < 1.29 is 24.1 Å². The van der Waals surface area contributed by atoms with Gasteiger partial charge in [-0.25, -0.2) is 9.59 Å². The van der Waals surface area contributed by atoms with Gasteiger partial charge in [-0.2, -0.15) is 4.98 Å². The van der Waals surface area contributed by atoms with Crippen LogP contribution in [0.4, 0.5) is 10.6 Å². The summed E-state index contributed by atoms with van der Waals surface area (Å²) in [6.07, 6.45) is 1.46. The first-order valence-electron chi connectivity index (χ1n) is 8.57. The molecule has 0 aromatic carbocycles. The molecule has 2 rings (SSSR count). The third kappa shape index (κ3) is 5.13. The Balaban J connectivity index is 2.03. The van der Waals surface area contributed by atoms with Gasteiger partial charge in [-0.05, 0) is 13.8 Å². The Morgan fingerprint density at radius 2 is 2.35 bits per heavy atom. The van der Waals surface area contributed by atoms with Crippen LogP contribution in [0.2, 0.25) is 0 Å². The molecule has 0 radical (unpaired) electrons. The highest BCUT2D eigenvalue weighted by atomic mass is 16.6. The predicted molar refractivity (Wildman–Crippen MR) is 94.9 cm³/mol. The molecule has 0 aliphatic carbocycles. The van der Waals surface area contributed by atoms with Gasteiger partial charge in [0.25, 0.3) is 0 Å². The largest absolute Gasteiger partial charge is 0.449 e. The number of aliphatic hydroxyl groups excluding tert-OH is 1. The molecule has 144 valence electrons. The maximum atomic E-state index is 12.3. The maximum Gasteiger partial charge on any atom is 0.412 e. The molecule has 3 atom stereocenters. The van der Waals surface area contributed by atoms with Gasteiger partial charge < -0.3 is 19.3 Å². The number of anilines is 1. The molecule has 9 nitrogen and oxygen atoms in total. The van der Waals surface area contributed by atoms with E-state index in [9.17, 15) is 14.7 Å². The fraction of sp³-hybridized carbons (Fsp3) is 0.588. The van der Waals surface area contributed by atoms with Crippen molar-refractivity contribution >= 4 is 18.0 Å². The van der Waals surface area contributed by atoms with Crippen LogP contribution < -0.4 is 11.0 Å². The van der Waals surface area contributed by atoms with Crippen LogP contribution in [0.5, 0.6) is 0 Å². The minimum atomic E-state index is -0.713. The smallest absolute Gasteiger partial charge is 0.412 e. The SMILES string of the molecule is C=Cc1cn(C2CC(O)C(C)O2)c(=O)nc1NC(=O)OCCCOCC. The minimum absolute atomic E-state index is 0.0580. The number of amides is 1. The summed E-state index contributed by atoms with van der Waals surface area (Å²) in [6.45, 7) is 8.59. The van der Waals surface area contributed by atoms with Crippen molar-refractivity contribution in [1.82, 2.24) is 9.55 Å². The van der Waals surface area contributed by atoms with Gasteiger partial charge in [-0.1, -0.05) is 12.7 Å². The summed E-state index contributed by atoms with van der Waals surface area (Å²) >= 11 is 0. The van der Waals surface area contributed by atoms with Crippen LogP contribution >= 0.6 is 0 Å². The van der Waals surface area contributed by atoms with Crippen molar-refractivity contribution in [1.29, 1.82) is 0 Å². The van der Waals surface area contributed by atoms with Crippen molar-refractivity contribution in [2.75, 3.05) is 25.1 Å². The van der Waals surface area contributed by atoms with E-state index in [1.54, 1.807) is 6.92 Å². The van der Waals surface area contributed by atoms with Gasteiger partial charge in [0, 0.05) is 37.8 Å². The zero-order valence-electron chi connectivity index (χ0n) is 15.0. The maximum absolute atomic E-state index is 12.3. The second-order valence-corrected chi connectivity index (χ2v) is 5.85. The van der Waals surface area contributed by atoms with E-state index >= 15 is 0 Å². The molecule has 2 heterocycles. The number of carbonyl (C=O) groups is 1. The highest BCUT2D eigenvalue weighted by Gasteiger charge is 2.32. The van der Waals surface area contributed by atoms with Crippen molar-refractivity contribution in [2.45, 2.75) is 45.1 Å². The Morgan fingerprint density at radius 1 is 1.58 bits per heavy atom. The summed E-state index contributed by atoms with van der Waals surface area (Å²) in [7, 11) is 0. The van der Waals surface area contributed by atoms with E-state index in [0.29, 0.717) is 25.2 Å². The number of nitrogens with zero attached hydrogens (tertiary/aromatic N) is 2. The van der Waals surface area contributed by atoms with E-state index < -0.39 is 24.1 Å². The van der Waals surface area contributed by atoms with Crippen molar-refractivity contribution in [2.24, 2.45) is 0 Å². The van der Waals surface area contributed by atoms with Crippen molar-refractivity contribution in [3.63, 3.8) is 0 Å². The lowest BCUT2D eigenvalue weighted by Gasteiger charge is -2.16. The summed E-state index contributed by atoms with van der Waals surface area (Å²) in [5, 5.41) is 12.2. The van der Waals surface area contributed by atoms with E-state index in [4.69, 9.17) is 14.2 Å². The molecular weight excluding hydrogens is 342 g/mol. The first-order chi connectivity index (χ1) is 12.5. The normalized spacial score (nSPS) is 22.2. The molecule has 9 heteroatoms. The van der Waals surface area contributed by atoms with E-state index in [1.807, 2.05) is 6.92 Å². The lowest BCUT2D eigenvalue weighted by Crippen LogP contribution is -2.29. The fourth-order valence-corrected chi connectivity index (χ4v) is 2.51. The second-order valence-electron chi connectivity index (χ2n) is 5.85. The number of hydrogen-bond acceptors (Lipinski definition) is 7. The van der Waals surface area contributed by atoms with E-state index in [-0.39, 0.29) is 24.9 Å². The number of rotatable bonds is 8. The summed E-state index contributed by atoms with van der Waals surface area (Å²) in [6, 6.07) is 0. The second kappa shape index (κ2) is 9.46. The quantitative estimate of drug-likeness (QED) is 0.670. The van der Waals surface area contributed by atoms with Crippen LogP contribution in [0.1, 0.15) is 38.5 Å². The molecule has 1 aliphatic heterocycles. The molecule has 1 fully saturated rings. The number of carbonyl (C=O) groups excluding carboxylic acids is 1. The summed E-state index contributed by atoms with van der Waals surface area (Å²) in [5.74, 6) is 0.0580. The van der Waals surface area contributed by atoms with Gasteiger partial charge in [0.1, 0.15) is 12.0 Å². The lowest BCUT2D eigenvalue weighted by molar-refractivity contribution is -0.0100. The number of hydrogen-bond donors (Lipinski definition) is 2. The van der Waals surface area contributed by atoms with Crippen molar-refractivity contribution in [3.8, 4) is 0 Å². The van der Waals surface area contributed by atoms with Crippen LogP contribution in [-0.2, 0) is 14.2 Å². The Bertz CT molecular complexity index is 680. The summed E-state index contributed by atoms with van der Waals surface area (Å²) in [4.78, 5) is 28.0. The average Bonchev–Trinajstić information content (AvgIpc) is 2.93. The molecular formula is C17H25N3O6. The molecule has 1 aliphatic rings. The van der Waals surface area contributed by atoms with Crippen molar-refractivity contribution in [3.05, 3.63) is 28.8 Å². The Morgan fingerprint density at radius 3 is 2.96 bits per heavy atom. The van der Waals surface area contributed by atoms with Gasteiger partial charge in [-0.3, -0.25) is 9.88 Å². The zero-order chi connectivity index (χ0) is 19.1. The number of nitrogens with one attached hydrogen (secondary N) is 1. The molecule has 1 aromatic heterocycles. The molecule has 1 saturated heterocycles. The predicted octanol–water partition coefficient (Wildman–Crippen LogP) is 1.53. The molecule has 0 bridgehead atoms. The monoisotopic (exact) mass is 367 g/mol. The summed E-state index contributed by atoms with van der Waals surface area (Å²) in [5.41, 5.74) is -0.165. The molecule has 26 heavy (non-hydrogen) atoms. The summed E-state index contributed by atoms with van der Waals surface area (Å²) < 4.78 is 17.0. The number of ether oxygens (including phenoxy) is 3. The van der Waals surface area contributed by atoms with E-state index in [1.165, 1.54) is 16.8 Å². The fourth-order valence-electron chi connectivity index (χ4n) is 2.51. The molecule has 1 aromatic rings. The van der Waals surface area contributed by atoms with Crippen LogP contribution in [0, 0.1) is 0 Å². The van der Waals surface area contributed by atoms with E-state index in [0.717, 1.165) is 0 Å². The van der Waals surface area contributed by atoms with Gasteiger partial charge in [0.05, 0.1) is 18.8 Å². The topological polar surface area (TPSA) is 112 Å². The highest BCUT2D eigenvalue weighted by Crippen LogP contribution is 2.28. The first-order valence-corrected chi connectivity index (χ1v) is 8.57. The van der Waals surface area contributed by atoms with Gasteiger partial charge in [-0.15, -0.1) is 0 Å². The third-order valence-electron chi connectivity index (χ3n) is 3.96. The first kappa shape index (κ1) is 20.1. The lowest BCUT2D eigenvalue weighted by atomic mass is 10.2. The van der Waals surface area contributed by atoms with Crippen LogP contribution in [0.3, 0.4) is 0 Å². The Labute approximate surface area is 151 Å². The van der Waals surface area contributed by atoms with Gasteiger partial charge in [0.15, 0.2) is 0 Å². The average molecular weight is 367 g/mol. The van der Waals surface area contributed by atoms with E-state index in [2.05, 4.69) is 16.9 Å².